The molecule has 0 saturated carbocycles. The normalized spacial score (nSPS) is 10.6. The molecule has 0 aliphatic heterocycles. The Morgan fingerprint density at radius 3 is 2.72 bits per heavy atom. The van der Waals surface area contributed by atoms with E-state index in [4.69, 9.17) is 17.0 Å². The van der Waals surface area contributed by atoms with Gasteiger partial charge in [0.05, 0.1) is 4.88 Å². The van der Waals surface area contributed by atoms with Crippen LogP contribution in [0.1, 0.15) is 16.0 Å². The molecular weight excluding hydrogens is 350 g/mol. The van der Waals surface area contributed by atoms with Gasteiger partial charge in [-0.2, -0.15) is 0 Å². The topological polar surface area (TPSA) is 47.9 Å². The van der Waals surface area contributed by atoms with Crippen molar-refractivity contribution < 1.29 is 0 Å². The van der Waals surface area contributed by atoms with E-state index in [9.17, 15) is 0 Å². The zero-order valence-electron chi connectivity index (χ0n) is 13.8. The lowest BCUT2D eigenvalue weighted by Gasteiger charge is -2.10. The Hall–Kier alpha value is -2.14. The first kappa shape index (κ1) is 17.7. The maximum atomic E-state index is 8.11. The highest BCUT2D eigenvalue weighted by Crippen LogP contribution is 2.16. The van der Waals surface area contributed by atoms with Crippen LogP contribution in [-0.2, 0) is 13.0 Å². The van der Waals surface area contributed by atoms with E-state index in [1.807, 2.05) is 53.9 Å². The molecule has 5 heteroatoms. The van der Waals surface area contributed by atoms with Crippen LogP contribution in [0.4, 0.5) is 5.69 Å². The second-order valence-corrected chi connectivity index (χ2v) is 7.05. The molecule has 1 aromatic heterocycles. The van der Waals surface area contributed by atoms with Crippen LogP contribution in [0.3, 0.4) is 0 Å². The second kappa shape index (κ2) is 8.81. The Labute approximate surface area is 157 Å². The smallest absolute Gasteiger partial charge is 0.140 e. The molecule has 0 unspecified atom stereocenters. The Morgan fingerprint density at radius 2 is 1.92 bits per heavy atom. The molecule has 0 fully saturated rings. The third-order valence-corrected chi connectivity index (χ3v) is 5.08. The molecule has 0 amide bonds. The van der Waals surface area contributed by atoms with Crippen LogP contribution in [0, 0.1) is 5.41 Å². The van der Waals surface area contributed by atoms with Gasteiger partial charge in [-0.1, -0.05) is 48.0 Å². The molecule has 0 aliphatic rings. The first-order chi connectivity index (χ1) is 12.2. The molecule has 1 heterocycles. The van der Waals surface area contributed by atoms with Crippen molar-refractivity contribution in [1.82, 2.24) is 5.32 Å². The minimum Gasteiger partial charge on any atom is -0.340 e. The van der Waals surface area contributed by atoms with Crippen molar-refractivity contribution >= 4 is 34.5 Å². The third-order valence-electron chi connectivity index (χ3n) is 3.83. The van der Waals surface area contributed by atoms with Crippen LogP contribution in [0.2, 0.25) is 5.02 Å². The van der Waals surface area contributed by atoms with Gasteiger partial charge in [0.2, 0.25) is 0 Å². The predicted octanol–water partition coefficient (Wildman–Crippen LogP) is 5.17. The highest BCUT2D eigenvalue weighted by Gasteiger charge is 2.04. The largest absolute Gasteiger partial charge is 0.340 e. The van der Waals surface area contributed by atoms with Gasteiger partial charge in [0, 0.05) is 17.3 Å². The molecule has 0 radical (unpaired) electrons. The first-order valence-corrected chi connectivity index (χ1v) is 9.40. The van der Waals surface area contributed by atoms with E-state index in [1.165, 1.54) is 5.56 Å². The number of anilines is 1. The molecule has 3 aromatic rings. The molecule has 3 nitrogen and oxygen atoms in total. The van der Waals surface area contributed by atoms with E-state index >= 15 is 0 Å². The summed E-state index contributed by atoms with van der Waals surface area (Å²) in [6, 6.07) is 20.0. The summed E-state index contributed by atoms with van der Waals surface area (Å²) in [6.45, 7) is 1.64. The lowest BCUT2D eigenvalue weighted by molar-refractivity contribution is 0.687. The van der Waals surface area contributed by atoms with E-state index in [0.717, 1.165) is 40.7 Å². The summed E-state index contributed by atoms with van der Waals surface area (Å²) < 4.78 is 0. The van der Waals surface area contributed by atoms with Crippen molar-refractivity contribution in [3.63, 3.8) is 0 Å². The number of rotatable bonds is 7. The molecule has 3 rings (SSSR count). The first-order valence-electron chi connectivity index (χ1n) is 8.15. The van der Waals surface area contributed by atoms with Gasteiger partial charge in [-0.15, -0.1) is 11.3 Å². The monoisotopic (exact) mass is 369 g/mol. The van der Waals surface area contributed by atoms with Crippen molar-refractivity contribution in [2.45, 2.75) is 13.0 Å². The number of benzene rings is 2. The molecular formula is C20H20ClN3S. The molecule has 0 saturated heterocycles. The van der Waals surface area contributed by atoms with Crippen molar-refractivity contribution in [1.29, 1.82) is 5.41 Å². The highest BCUT2D eigenvalue weighted by molar-refractivity contribution is 7.12. The SMILES string of the molecule is N=C(Nc1cccc(CCNCc2ccccc2Cl)c1)c1cccs1. The zero-order valence-corrected chi connectivity index (χ0v) is 15.3. The van der Waals surface area contributed by atoms with E-state index in [-0.39, 0.29) is 0 Å². The van der Waals surface area contributed by atoms with Gasteiger partial charge in [-0.25, -0.2) is 0 Å². The molecule has 0 atom stereocenters. The van der Waals surface area contributed by atoms with Gasteiger partial charge < -0.3 is 10.6 Å². The number of hydrogen-bond donors (Lipinski definition) is 3. The minimum absolute atomic E-state index is 0.434. The lowest BCUT2D eigenvalue weighted by atomic mass is 10.1. The molecule has 0 spiro atoms. The fraction of sp³-hybridized carbons (Fsp3) is 0.150. The summed E-state index contributed by atoms with van der Waals surface area (Å²) in [4.78, 5) is 0.937. The van der Waals surface area contributed by atoms with E-state index in [0.29, 0.717) is 5.84 Å². The Bertz CT molecular complexity index is 830. The number of amidine groups is 1. The van der Waals surface area contributed by atoms with Crippen molar-refractivity contribution in [3.05, 3.63) is 87.1 Å². The molecule has 25 heavy (non-hydrogen) atoms. The van der Waals surface area contributed by atoms with Crippen LogP contribution < -0.4 is 10.6 Å². The van der Waals surface area contributed by atoms with Crippen LogP contribution in [0.5, 0.6) is 0 Å². The third kappa shape index (κ3) is 5.16. The van der Waals surface area contributed by atoms with Gasteiger partial charge in [-0.3, -0.25) is 5.41 Å². The maximum Gasteiger partial charge on any atom is 0.140 e. The highest BCUT2D eigenvalue weighted by atomic mass is 35.5. The molecule has 3 N–H and O–H groups in total. The summed E-state index contributed by atoms with van der Waals surface area (Å²) in [5.74, 6) is 0.434. The number of hydrogen-bond acceptors (Lipinski definition) is 3. The Balaban J connectivity index is 1.50. The van der Waals surface area contributed by atoms with Crippen LogP contribution in [-0.4, -0.2) is 12.4 Å². The van der Waals surface area contributed by atoms with Crippen LogP contribution >= 0.6 is 22.9 Å². The predicted molar refractivity (Wildman–Crippen MR) is 108 cm³/mol. The number of nitrogens with one attached hydrogen (secondary N) is 3. The lowest BCUT2D eigenvalue weighted by Crippen LogP contribution is -2.17. The quantitative estimate of drug-likeness (QED) is 0.305. The molecule has 2 aromatic carbocycles. The Morgan fingerprint density at radius 1 is 1.04 bits per heavy atom. The fourth-order valence-electron chi connectivity index (χ4n) is 2.53. The summed E-state index contributed by atoms with van der Waals surface area (Å²) in [6.07, 6.45) is 0.923. The summed E-state index contributed by atoms with van der Waals surface area (Å²) in [7, 11) is 0. The molecule has 128 valence electrons. The average molecular weight is 370 g/mol. The van der Waals surface area contributed by atoms with Crippen LogP contribution in [0.15, 0.2) is 66.0 Å². The standard InChI is InChI=1S/C20H20ClN3S/c21-18-8-2-1-6-16(18)14-23-11-10-15-5-3-7-17(13-15)24-20(22)19-9-4-12-25-19/h1-9,12-13,23H,10-11,14H2,(H2,22,24). The Kier molecular flexibility index (Phi) is 6.23. The van der Waals surface area contributed by atoms with Crippen molar-refractivity contribution in [3.8, 4) is 0 Å². The zero-order chi connectivity index (χ0) is 17.5. The summed E-state index contributed by atoms with van der Waals surface area (Å²) in [5, 5.41) is 17.5. The van der Waals surface area contributed by atoms with Crippen molar-refractivity contribution in [2.75, 3.05) is 11.9 Å². The van der Waals surface area contributed by atoms with Gasteiger partial charge in [0.25, 0.3) is 0 Å². The van der Waals surface area contributed by atoms with E-state index in [1.54, 1.807) is 11.3 Å². The van der Waals surface area contributed by atoms with Gasteiger partial charge in [-0.05, 0) is 53.7 Å². The fourth-order valence-corrected chi connectivity index (χ4v) is 3.36. The van der Waals surface area contributed by atoms with Gasteiger partial charge >= 0.3 is 0 Å². The average Bonchev–Trinajstić information content (AvgIpc) is 3.15. The van der Waals surface area contributed by atoms with E-state index in [2.05, 4.69) is 22.8 Å². The molecule has 0 aliphatic carbocycles. The van der Waals surface area contributed by atoms with Crippen molar-refractivity contribution in [2.24, 2.45) is 0 Å². The van der Waals surface area contributed by atoms with Gasteiger partial charge in [0.1, 0.15) is 5.84 Å². The summed E-state index contributed by atoms with van der Waals surface area (Å²) in [5.41, 5.74) is 3.29. The van der Waals surface area contributed by atoms with E-state index < -0.39 is 0 Å². The summed E-state index contributed by atoms with van der Waals surface area (Å²) >= 11 is 7.73. The number of thiophene rings is 1. The number of halogens is 1. The molecule has 0 bridgehead atoms. The minimum atomic E-state index is 0.434. The van der Waals surface area contributed by atoms with Gasteiger partial charge in [0.15, 0.2) is 0 Å². The van der Waals surface area contributed by atoms with Crippen LogP contribution in [0.25, 0.3) is 0 Å². The second-order valence-electron chi connectivity index (χ2n) is 5.70. The maximum absolute atomic E-state index is 8.11.